The number of hydrogen-bond donors (Lipinski definition) is 3. The van der Waals surface area contributed by atoms with E-state index in [4.69, 9.17) is 5.73 Å². The van der Waals surface area contributed by atoms with Gasteiger partial charge in [-0.25, -0.2) is 0 Å². The number of amides is 1. The molecule has 1 heterocycles. The van der Waals surface area contributed by atoms with Gasteiger partial charge in [-0.1, -0.05) is 0 Å². The summed E-state index contributed by atoms with van der Waals surface area (Å²) in [4.78, 5) is 12.0. The van der Waals surface area contributed by atoms with Crippen LogP contribution in [0.3, 0.4) is 0 Å². The van der Waals surface area contributed by atoms with Crippen LogP contribution in [0.5, 0.6) is 0 Å². The molecule has 2 aromatic rings. The molecule has 4 N–H and O–H groups in total. The van der Waals surface area contributed by atoms with Gasteiger partial charge >= 0.3 is 0 Å². The van der Waals surface area contributed by atoms with Gasteiger partial charge < -0.3 is 11.1 Å². The van der Waals surface area contributed by atoms with Gasteiger partial charge in [0.1, 0.15) is 5.82 Å². The van der Waals surface area contributed by atoms with Crippen molar-refractivity contribution in [2.45, 2.75) is 6.54 Å². The zero-order valence-electron chi connectivity index (χ0n) is 9.21. The average molecular weight is 421 g/mol. The van der Waals surface area contributed by atoms with E-state index in [0.717, 1.165) is 13.6 Å². The maximum Gasteiger partial charge on any atom is 0.252 e. The van der Waals surface area contributed by atoms with E-state index in [2.05, 4.69) is 54.0 Å². The van der Waals surface area contributed by atoms with Gasteiger partial charge in [-0.05, 0) is 56.7 Å². The number of nitrogens with zero attached hydrogens (tertiary/aromatic N) is 1. The molecule has 18 heavy (non-hydrogen) atoms. The third kappa shape index (κ3) is 3.02. The molecule has 0 saturated heterocycles. The second kappa shape index (κ2) is 5.70. The maximum absolute atomic E-state index is 12.0. The number of H-pyrrole nitrogens is 1. The van der Waals surface area contributed by atoms with E-state index in [-0.39, 0.29) is 5.91 Å². The Morgan fingerprint density at radius 2 is 2.33 bits per heavy atom. The van der Waals surface area contributed by atoms with Crippen molar-refractivity contribution >= 4 is 50.2 Å². The normalized spacial score (nSPS) is 10.3. The van der Waals surface area contributed by atoms with Crippen molar-refractivity contribution in [2.75, 3.05) is 5.73 Å². The summed E-state index contributed by atoms with van der Waals surface area (Å²) in [7, 11) is 0. The van der Waals surface area contributed by atoms with Crippen molar-refractivity contribution in [3.63, 3.8) is 0 Å². The Balaban J connectivity index is 2.08. The lowest BCUT2D eigenvalue weighted by molar-refractivity contribution is 0.0950. The number of carbonyl (C=O) groups is 1. The van der Waals surface area contributed by atoms with Crippen LogP contribution in [0.2, 0.25) is 0 Å². The van der Waals surface area contributed by atoms with Crippen molar-refractivity contribution in [2.24, 2.45) is 0 Å². The first kappa shape index (κ1) is 13.3. The number of nitrogen functional groups attached to an aromatic ring is 1. The summed E-state index contributed by atoms with van der Waals surface area (Å²) >= 11 is 5.52. The predicted octanol–water partition coefficient (Wildman–Crippen LogP) is 2.29. The molecule has 0 radical (unpaired) electrons. The Bertz CT molecular complexity index is 584. The van der Waals surface area contributed by atoms with Crippen LogP contribution in [0.4, 0.5) is 5.82 Å². The highest BCUT2D eigenvalue weighted by Gasteiger charge is 2.11. The van der Waals surface area contributed by atoms with E-state index >= 15 is 0 Å². The first-order valence-electron chi connectivity index (χ1n) is 5.09. The van der Waals surface area contributed by atoms with E-state index in [0.29, 0.717) is 17.9 Å². The molecule has 0 saturated carbocycles. The molecule has 0 atom stereocenters. The molecule has 0 spiro atoms. The van der Waals surface area contributed by atoms with Gasteiger partial charge in [0.2, 0.25) is 0 Å². The van der Waals surface area contributed by atoms with Crippen LogP contribution in [0.15, 0.2) is 28.9 Å². The third-order valence-electron chi connectivity index (χ3n) is 2.36. The maximum atomic E-state index is 12.0. The zero-order chi connectivity index (χ0) is 13.1. The average Bonchev–Trinajstić information content (AvgIpc) is 2.75. The Morgan fingerprint density at radius 3 is 3.00 bits per heavy atom. The van der Waals surface area contributed by atoms with Gasteiger partial charge in [-0.15, -0.1) is 0 Å². The molecule has 0 aliphatic carbocycles. The SMILES string of the molecule is Nc1[nH]ncc1CNC(=O)c1cc(I)ccc1Br. The zero-order valence-corrected chi connectivity index (χ0v) is 12.9. The van der Waals surface area contributed by atoms with E-state index in [1.54, 1.807) is 6.20 Å². The van der Waals surface area contributed by atoms with Crippen molar-refractivity contribution in [1.82, 2.24) is 15.5 Å². The highest BCUT2D eigenvalue weighted by molar-refractivity contribution is 14.1. The van der Waals surface area contributed by atoms with Crippen LogP contribution < -0.4 is 11.1 Å². The predicted molar refractivity (Wildman–Crippen MR) is 81.0 cm³/mol. The molecule has 0 fully saturated rings. The Kier molecular flexibility index (Phi) is 4.23. The Labute approximate surface area is 126 Å². The van der Waals surface area contributed by atoms with Crippen LogP contribution in [0, 0.1) is 3.57 Å². The van der Waals surface area contributed by atoms with Crippen LogP contribution in [0.25, 0.3) is 0 Å². The molecule has 1 aromatic carbocycles. The third-order valence-corrected chi connectivity index (χ3v) is 3.73. The monoisotopic (exact) mass is 420 g/mol. The number of rotatable bonds is 3. The van der Waals surface area contributed by atoms with Crippen LogP contribution in [-0.4, -0.2) is 16.1 Å². The number of anilines is 1. The Hall–Kier alpha value is -1.09. The summed E-state index contributed by atoms with van der Waals surface area (Å²) in [5.74, 6) is 0.318. The number of hydrogen-bond acceptors (Lipinski definition) is 3. The van der Waals surface area contributed by atoms with Gasteiger partial charge in [0.05, 0.1) is 11.8 Å². The number of aromatic nitrogens is 2. The molecule has 0 aliphatic heterocycles. The van der Waals surface area contributed by atoms with E-state index in [1.165, 1.54) is 0 Å². The topological polar surface area (TPSA) is 83.8 Å². The minimum atomic E-state index is -0.152. The lowest BCUT2D eigenvalue weighted by atomic mass is 10.2. The molecular weight excluding hydrogens is 411 g/mol. The molecule has 5 nitrogen and oxygen atoms in total. The number of nitrogens with one attached hydrogen (secondary N) is 2. The summed E-state index contributed by atoms with van der Waals surface area (Å²) in [6, 6.07) is 5.59. The minimum absolute atomic E-state index is 0.152. The summed E-state index contributed by atoms with van der Waals surface area (Å²) < 4.78 is 1.77. The summed E-state index contributed by atoms with van der Waals surface area (Å²) in [6.07, 6.45) is 1.60. The Morgan fingerprint density at radius 1 is 1.56 bits per heavy atom. The van der Waals surface area contributed by atoms with E-state index in [9.17, 15) is 4.79 Å². The lowest BCUT2D eigenvalue weighted by Gasteiger charge is -2.06. The summed E-state index contributed by atoms with van der Waals surface area (Å²) in [6.45, 7) is 0.346. The molecule has 94 valence electrons. The number of halogens is 2. The minimum Gasteiger partial charge on any atom is -0.384 e. The lowest BCUT2D eigenvalue weighted by Crippen LogP contribution is -2.23. The van der Waals surface area contributed by atoms with Crippen LogP contribution in [-0.2, 0) is 6.54 Å². The smallest absolute Gasteiger partial charge is 0.252 e. The number of nitrogens with two attached hydrogens (primary N) is 1. The first-order chi connectivity index (χ1) is 8.58. The number of carbonyl (C=O) groups excluding carboxylic acids is 1. The van der Waals surface area contributed by atoms with Gasteiger partial charge in [0.15, 0.2) is 0 Å². The van der Waals surface area contributed by atoms with Crippen molar-refractivity contribution in [1.29, 1.82) is 0 Å². The van der Waals surface area contributed by atoms with Gasteiger partial charge in [0.25, 0.3) is 5.91 Å². The summed E-state index contributed by atoms with van der Waals surface area (Å²) in [5, 5.41) is 9.21. The molecule has 1 amide bonds. The highest BCUT2D eigenvalue weighted by atomic mass is 127. The fourth-order valence-corrected chi connectivity index (χ4v) is 2.32. The molecule has 2 rings (SSSR count). The summed E-state index contributed by atoms with van der Waals surface area (Å²) in [5.41, 5.74) is 7.01. The second-order valence-corrected chi connectivity index (χ2v) is 5.72. The molecule has 0 bridgehead atoms. The number of aromatic amines is 1. The van der Waals surface area contributed by atoms with Crippen molar-refractivity contribution in [3.05, 3.63) is 43.6 Å². The largest absolute Gasteiger partial charge is 0.384 e. The van der Waals surface area contributed by atoms with Crippen LogP contribution in [0.1, 0.15) is 15.9 Å². The molecule has 1 aromatic heterocycles. The molecular formula is C11H10BrIN4O. The highest BCUT2D eigenvalue weighted by Crippen LogP contribution is 2.19. The fourth-order valence-electron chi connectivity index (χ4n) is 1.40. The van der Waals surface area contributed by atoms with E-state index in [1.807, 2.05) is 18.2 Å². The molecule has 0 aliphatic rings. The first-order valence-corrected chi connectivity index (χ1v) is 6.96. The quantitative estimate of drug-likeness (QED) is 0.666. The molecule has 7 heteroatoms. The van der Waals surface area contributed by atoms with Crippen molar-refractivity contribution < 1.29 is 4.79 Å². The number of benzene rings is 1. The van der Waals surface area contributed by atoms with Gasteiger partial charge in [0, 0.05) is 20.2 Å². The van der Waals surface area contributed by atoms with Crippen molar-refractivity contribution in [3.8, 4) is 0 Å². The second-order valence-electron chi connectivity index (χ2n) is 3.62. The fraction of sp³-hybridized carbons (Fsp3) is 0.0909. The van der Waals surface area contributed by atoms with E-state index < -0.39 is 0 Å². The standard InChI is InChI=1S/C11H10BrIN4O/c12-9-2-1-7(13)3-8(9)11(18)15-4-6-5-16-17-10(6)14/h1-3,5H,4H2,(H,15,18)(H3,14,16,17). The van der Waals surface area contributed by atoms with Gasteiger partial charge in [-0.3, -0.25) is 9.89 Å². The molecule has 0 unspecified atom stereocenters. The van der Waals surface area contributed by atoms with Crippen LogP contribution >= 0.6 is 38.5 Å². The van der Waals surface area contributed by atoms with Gasteiger partial charge in [-0.2, -0.15) is 5.10 Å².